The molecule has 0 amide bonds. The Morgan fingerprint density at radius 1 is 0.369 bits per heavy atom. The summed E-state index contributed by atoms with van der Waals surface area (Å²) in [5.74, 6) is 0. The van der Waals surface area contributed by atoms with Crippen LogP contribution in [-0.4, -0.2) is 0 Å². The van der Waals surface area contributed by atoms with Crippen LogP contribution in [0.15, 0.2) is 243 Å². The molecule has 0 saturated heterocycles. The average molecular weight is 846 g/mol. The number of fused-ring (bicyclic) bond motifs is 9. The first-order valence-electron chi connectivity index (χ1n) is 22.6. The Balaban J connectivity index is 1.10. The first-order valence-corrected chi connectivity index (χ1v) is 23.4. The molecular formula is C63H43NS. The van der Waals surface area contributed by atoms with Gasteiger partial charge in [-0.3, -0.25) is 0 Å². The summed E-state index contributed by atoms with van der Waals surface area (Å²) in [4.78, 5) is 2.54. The summed E-state index contributed by atoms with van der Waals surface area (Å²) in [5.41, 5.74) is 19.1. The number of rotatable bonds is 7. The zero-order chi connectivity index (χ0) is 43.1. The first kappa shape index (κ1) is 37.7. The van der Waals surface area contributed by atoms with Crippen LogP contribution in [0.3, 0.4) is 0 Å². The second kappa shape index (κ2) is 14.6. The van der Waals surface area contributed by atoms with E-state index in [-0.39, 0.29) is 5.41 Å². The van der Waals surface area contributed by atoms with Crippen LogP contribution in [0, 0.1) is 0 Å². The van der Waals surface area contributed by atoms with Crippen LogP contribution in [0.1, 0.15) is 45.9 Å². The third-order valence-electron chi connectivity index (χ3n) is 14.4. The van der Waals surface area contributed by atoms with Gasteiger partial charge >= 0.3 is 0 Å². The van der Waals surface area contributed by atoms with Gasteiger partial charge in [-0.15, -0.1) is 11.3 Å². The van der Waals surface area contributed by atoms with Crippen molar-refractivity contribution in [2.75, 3.05) is 4.90 Å². The zero-order valence-corrected chi connectivity index (χ0v) is 36.8. The van der Waals surface area contributed by atoms with E-state index in [4.69, 9.17) is 0 Å². The van der Waals surface area contributed by atoms with Gasteiger partial charge in [-0.1, -0.05) is 200 Å². The molecule has 65 heavy (non-hydrogen) atoms. The van der Waals surface area contributed by atoms with Crippen molar-refractivity contribution >= 4 is 48.6 Å². The predicted octanol–water partition coefficient (Wildman–Crippen LogP) is 16.9. The van der Waals surface area contributed by atoms with Crippen molar-refractivity contribution in [1.29, 1.82) is 0 Å². The molecule has 1 unspecified atom stereocenters. The lowest BCUT2D eigenvalue weighted by Gasteiger charge is -2.34. The second-order valence-electron chi connectivity index (χ2n) is 17.7. The van der Waals surface area contributed by atoms with Gasteiger partial charge in [0.25, 0.3) is 0 Å². The van der Waals surface area contributed by atoms with Gasteiger partial charge in [-0.05, 0) is 116 Å². The Bertz CT molecular complexity index is 3580. The van der Waals surface area contributed by atoms with Crippen LogP contribution in [0.5, 0.6) is 0 Å². The Labute approximate surface area is 384 Å². The summed E-state index contributed by atoms with van der Waals surface area (Å²) in [7, 11) is 0. The SMILES string of the molecule is CC1(c2ccccc2)c2ccccc2-c2cc(N(c3cccc(-c4cccc5sc6ccccc6c45)c3)c3cccc4c3-c3ccccc3C4(c3ccccc3)c3ccccc3)ccc21. The molecular weight excluding hydrogens is 803 g/mol. The Kier molecular flexibility index (Phi) is 8.50. The summed E-state index contributed by atoms with van der Waals surface area (Å²) < 4.78 is 2.62. The van der Waals surface area contributed by atoms with E-state index in [1.54, 1.807) is 0 Å². The maximum atomic E-state index is 2.54. The number of nitrogens with zero attached hydrogens (tertiary/aromatic N) is 1. The molecule has 0 fully saturated rings. The number of benzene rings is 10. The first-order chi connectivity index (χ1) is 32.1. The van der Waals surface area contributed by atoms with Crippen molar-refractivity contribution in [3.05, 3.63) is 282 Å². The Hall–Kier alpha value is -7.78. The minimum absolute atomic E-state index is 0.295. The van der Waals surface area contributed by atoms with Gasteiger partial charge in [0, 0.05) is 42.5 Å². The van der Waals surface area contributed by atoms with Crippen molar-refractivity contribution < 1.29 is 0 Å². The van der Waals surface area contributed by atoms with E-state index < -0.39 is 5.41 Å². The molecule has 0 N–H and O–H groups in total. The van der Waals surface area contributed by atoms with E-state index in [0.717, 1.165) is 17.1 Å². The summed E-state index contributed by atoms with van der Waals surface area (Å²) in [6.07, 6.45) is 0. The summed E-state index contributed by atoms with van der Waals surface area (Å²) >= 11 is 1.87. The summed E-state index contributed by atoms with van der Waals surface area (Å²) in [6, 6.07) is 90.5. The third-order valence-corrected chi connectivity index (χ3v) is 15.6. The van der Waals surface area contributed by atoms with Gasteiger partial charge < -0.3 is 4.90 Å². The van der Waals surface area contributed by atoms with Gasteiger partial charge in [0.15, 0.2) is 0 Å². The fourth-order valence-electron chi connectivity index (χ4n) is 11.6. The number of hydrogen-bond acceptors (Lipinski definition) is 2. The fourth-order valence-corrected chi connectivity index (χ4v) is 12.8. The van der Waals surface area contributed by atoms with Crippen molar-refractivity contribution in [1.82, 2.24) is 0 Å². The molecule has 1 aromatic heterocycles. The van der Waals surface area contributed by atoms with Crippen LogP contribution in [0.4, 0.5) is 17.1 Å². The lowest BCUT2D eigenvalue weighted by molar-refractivity contribution is 0.714. The average Bonchev–Trinajstić information content (AvgIpc) is 4.00. The van der Waals surface area contributed by atoms with Crippen LogP contribution in [-0.2, 0) is 10.8 Å². The van der Waals surface area contributed by atoms with Crippen molar-refractivity contribution in [3.63, 3.8) is 0 Å². The second-order valence-corrected chi connectivity index (χ2v) is 18.7. The molecule has 13 rings (SSSR count). The van der Waals surface area contributed by atoms with Crippen LogP contribution >= 0.6 is 11.3 Å². The van der Waals surface area contributed by atoms with E-state index in [9.17, 15) is 0 Å². The van der Waals surface area contributed by atoms with Gasteiger partial charge in [0.2, 0.25) is 0 Å². The highest BCUT2D eigenvalue weighted by molar-refractivity contribution is 7.25. The molecule has 2 aliphatic rings. The minimum atomic E-state index is -0.526. The molecule has 1 heterocycles. The molecule has 2 heteroatoms. The lowest BCUT2D eigenvalue weighted by atomic mass is 9.68. The molecule has 0 radical (unpaired) electrons. The minimum Gasteiger partial charge on any atom is -0.310 e. The van der Waals surface area contributed by atoms with Crippen molar-refractivity contribution in [3.8, 4) is 33.4 Å². The molecule has 11 aromatic rings. The zero-order valence-electron chi connectivity index (χ0n) is 35.9. The molecule has 0 aliphatic heterocycles. The quantitative estimate of drug-likeness (QED) is 0.154. The largest absolute Gasteiger partial charge is 0.310 e. The lowest BCUT2D eigenvalue weighted by Crippen LogP contribution is -2.28. The van der Waals surface area contributed by atoms with E-state index in [1.165, 1.54) is 92.5 Å². The Morgan fingerprint density at radius 3 is 1.69 bits per heavy atom. The van der Waals surface area contributed by atoms with E-state index >= 15 is 0 Å². The number of anilines is 3. The highest BCUT2D eigenvalue weighted by atomic mass is 32.1. The topological polar surface area (TPSA) is 3.24 Å². The van der Waals surface area contributed by atoms with Crippen LogP contribution < -0.4 is 4.90 Å². The number of thiophene rings is 1. The van der Waals surface area contributed by atoms with E-state index in [2.05, 4.69) is 254 Å². The van der Waals surface area contributed by atoms with Crippen LogP contribution in [0.2, 0.25) is 0 Å². The molecule has 2 aliphatic carbocycles. The standard InChI is InChI=1S/C63H43NS/c1-62(43-21-5-2-6-22-43)53-32-14-11-28-49(53)52-41-47(38-39-54(52)62)64(46-27-17-20-42(40-46)48-31-18-37-59-60(48)51-30-13-16-36-58(51)65-59)57-35-19-34-56-61(57)50-29-12-15-33-55(50)63(56,44-23-7-3-8-24-44)45-25-9-4-10-26-45/h2-41H,1H3. The third kappa shape index (κ3) is 5.45. The Morgan fingerprint density at radius 2 is 0.923 bits per heavy atom. The van der Waals surface area contributed by atoms with Gasteiger partial charge in [-0.25, -0.2) is 0 Å². The number of hydrogen-bond donors (Lipinski definition) is 0. The van der Waals surface area contributed by atoms with Crippen molar-refractivity contribution in [2.24, 2.45) is 0 Å². The highest BCUT2D eigenvalue weighted by Gasteiger charge is 2.47. The smallest absolute Gasteiger partial charge is 0.0714 e. The molecule has 1 nitrogen and oxygen atoms in total. The van der Waals surface area contributed by atoms with E-state index in [0.29, 0.717) is 0 Å². The molecule has 0 spiro atoms. The van der Waals surface area contributed by atoms with Crippen molar-refractivity contribution in [2.45, 2.75) is 17.8 Å². The summed E-state index contributed by atoms with van der Waals surface area (Å²) in [5, 5.41) is 2.62. The predicted molar refractivity (Wildman–Crippen MR) is 274 cm³/mol. The van der Waals surface area contributed by atoms with Crippen LogP contribution in [0.25, 0.3) is 53.6 Å². The molecule has 10 aromatic carbocycles. The van der Waals surface area contributed by atoms with Gasteiger partial charge in [0.1, 0.15) is 0 Å². The fraction of sp³-hybridized carbons (Fsp3) is 0.0476. The molecule has 0 bridgehead atoms. The normalized spacial score (nSPS) is 15.3. The van der Waals surface area contributed by atoms with Gasteiger partial charge in [0.05, 0.1) is 11.1 Å². The van der Waals surface area contributed by atoms with E-state index in [1.807, 2.05) is 11.3 Å². The maximum Gasteiger partial charge on any atom is 0.0714 e. The highest BCUT2D eigenvalue weighted by Crippen LogP contribution is 2.60. The molecule has 1 atom stereocenters. The van der Waals surface area contributed by atoms with Gasteiger partial charge in [-0.2, -0.15) is 0 Å². The monoisotopic (exact) mass is 845 g/mol. The maximum absolute atomic E-state index is 2.54. The molecule has 0 saturated carbocycles. The summed E-state index contributed by atoms with van der Waals surface area (Å²) in [6.45, 7) is 2.40. The molecule has 306 valence electrons.